The van der Waals surface area contributed by atoms with Crippen molar-refractivity contribution in [3.05, 3.63) is 100.0 Å². The summed E-state index contributed by atoms with van der Waals surface area (Å²) in [5.41, 5.74) is 4.00. The number of carbonyl (C=O) groups excluding carboxylic acids is 1. The summed E-state index contributed by atoms with van der Waals surface area (Å²) in [6.07, 6.45) is 1.78. The van der Waals surface area contributed by atoms with Gasteiger partial charge in [0, 0.05) is 40.2 Å². The van der Waals surface area contributed by atoms with E-state index in [4.69, 9.17) is 21.1 Å². The maximum Gasteiger partial charge on any atom is 0.169 e. The number of carbonyl (C=O) groups is 1. The number of hydrogen-bond donors (Lipinski definition) is 1. The molecule has 164 valence electrons. The van der Waals surface area contributed by atoms with Crippen LogP contribution in [-0.2, 0) is 17.8 Å². The van der Waals surface area contributed by atoms with E-state index in [-0.39, 0.29) is 18.8 Å². The van der Waals surface area contributed by atoms with E-state index >= 15 is 0 Å². The molecule has 4 aromatic rings. The van der Waals surface area contributed by atoms with Crippen molar-refractivity contribution in [2.75, 3.05) is 13.2 Å². The molecule has 3 aromatic carbocycles. The predicted octanol–water partition coefficient (Wildman–Crippen LogP) is 6.29. The zero-order chi connectivity index (χ0) is 22.5. The highest BCUT2D eigenvalue weighted by Crippen LogP contribution is 2.29. The fraction of sp³-hybridized carbons (Fsp3) is 0.192. The fourth-order valence-electron chi connectivity index (χ4n) is 3.60. The molecule has 0 aliphatic rings. The molecule has 0 aliphatic heterocycles. The van der Waals surface area contributed by atoms with Crippen LogP contribution in [0, 0.1) is 12.7 Å². The van der Waals surface area contributed by atoms with Gasteiger partial charge >= 0.3 is 0 Å². The van der Waals surface area contributed by atoms with Gasteiger partial charge in [0.15, 0.2) is 5.78 Å². The Hall–Kier alpha value is -3.15. The van der Waals surface area contributed by atoms with Gasteiger partial charge in [0.2, 0.25) is 0 Å². The molecule has 0 aliphatic carbocycles. The number of ether oxygens (including phenoxy) is 2. The summed E-state index contributed by atoms with van der Waals surface area (Å²) in [6.45, 7) is 2.98. The van der Waals surface area contributed by atoms with Gasteiger partial charge in [0.1, 0.15) is 18.2 Å². The lowest BCUT2D eigenvalue weighted by molar-refractivity contribution is 0.0882. The molecule has 4 rings (SSSR count). The third kappa shape index (κ3) is 5.01. The highest BCUT2D eigenvalue weighted by atomic mass is 35.5. The number of hydrogen-bond acceptors (Lipinski definition) is 3. The second-order valence-corrected chi connectivity index (χ2v) is 7.94. The number of aryl methyl sites for hydroxylation is 1. The smallest absolute Gasteiger partial charge is 0.169 e. The molecular formula is C26H23ClFNO3. The summed E-state index contributed by atoms with van der Waals surface area (Å²) in [7, 11) is 0. The number of benzene rings is 3. The summed E-state index contributed by atoms with van der Waals surface area (Å²) >= 11 is 6.18. The minimum atomic E-state index is -0.418. The Bertz CT molecular complexity index is 1240. The van der Waals surface area contributed by atoms with Crippen LogP contribution in [0.4, 0.5) is 4.39 Å². The number of H-pyrrole nitrogens is 1. The van der Waals surface area contributed by atoms with Crippen LogP contribution in [0.3, 0.4) is 0 Å². The van der Waals surface area contributed by atoms with E-state index in [1.54, 1.807) is 18.3 Å². The maximum atomic E-state index is 13.8. The highest BCUT2D eigenvalue weighted by molar-refractivity contribution is 6.32. The first-order chi connectivity index (χ1) is 15.5. The molecule has 0 atom stereocenters. The van der Waals surface area contributed by atoms with Crippen molar-refractivity contribution in [3.8, 4) is 5.75 Å². The molecule has 0 amide bonds. The Balaban J connectivity index is 1.42. The normalized spacial score (nSPS) is 11.1. The quantitative estimate of drug-likeness (QED) is 0.240. The molecule has 0 saturated carbocycles. The van der Waals surface area contributed by atoms with Crippen molar-refractivity contribution < 1.29 is 18.7 Å². The second kappa shape index (κ2) is 9.98. The van der Waals surface area contributed by atoms with Crippen LogP contribution >= 0.6 is 11.6 Å². The molecule has 0 radical (unpaired) electrons. The number of aromatic amines is 1. The first kappa shape index (κ1) is 22.1. The Labute approximate surface area is 190 Å². The second-order valence-electron chi connectivity index (χ2n) is 7.54. The van der Waals surface area contributed by atoms with E-state index in [1.807, 2.05) is 43.3 Å². The van der Waals surface area contributed by atoms with Crippen molar-refractivity contribution in [1.82, 2.24) is 4.98 Å². The summed E-state index contributed by atoms with van der Waals surface area (Å²) in [5, 5.41) is 1.46. The Morgan fingerprint density at radius 2 is 1.88 bits per heavy atom. The van der Waals surface area contributed by atoms with E-state index in [0.29, 0.717) is 35.1 Å². The van der Waals surface area contributed by atoms with Crippen LogP contribution in [0.1, 0.15) is 27.0 Å². The Morgan fingerprint density at radius 3 is 2.69 bits per heavy atom. The monoisotopic (exact) mass is 451 g/mol. The SMILES string of the molecule is Cc1c(Cl)ccc2c(C(=O)Cc3ccc(F)cc3OCCOCc3ccccc3)c[nH]c12. The van der Waals surface area contributed by atoms with Crippen LogP contribution in [0.2, 0.25) is 5.02 Å². The average Bonchev–Trinajstić information content (AvgIpc) is 3.23. The molecule has 1 heterocycles. The standard InChI is InChI=1S/C26H23ClFNO3/c1-17-23(27)10-9-21-22(15-29-26(17)21)24(30)13-19-7-8-20(28)14-25(19)32-12-11-31-16-18-5-3-2-4-6-18/h2-10,14-15,29H,11-13,16H2,1H3. The molecule has 1 N–H and O–H groups in total. The van der Waals surface area contributed by atoms with Gasteiger partial charge in [-0.05, 0) is 30.2 Å². The maximum absolute atomic E-state index is 13.8. The van der Waals surface area contributed by atoms with Crippen LogP contribution in [-0.4, -0.2) is 24.0 Å². The van der Waals surface area contributed by atoms with Crippen LogP contribution in [0.15, 0.2) is 66.9 Å². The molecule has 0 unspecified atom stereocenters. The number of rotatable bonds is 9. The van der Waals surface area contributed by atoms with E-state index in [9.17, 15) is 9.18 Å². The lowest BCUT2D eigenvalue weighted by atomic mass is 10.0. The first-order valence-corrected chi connectivity index (χ1v) is 10.7. The van der Waals surface area contributed by atoms with Gasteiger partial charge in [-0.2, -0.15) is 0 Å². The molecular weight excluding hydrogens is 429 g/mol. The van der Waals surface area contributed by atoms with Crippen molar-refractivity contribution in [1.29, 1.82) is 0 Å². The zero-order valence-electron chi connectivity index (χ0n) is 17.7. The first-order valence-electron chi connectivity index (χ1n) is 10.3. The number of Topliss-reactive ketones (excluding diaryl/α,β-unsaturated/α-hetero) is 1. The fourth-order valence-corrected chi connectivity index (χ4v) is 3.76. The van der Waals surface area contributed by atoms with Crippen molar-refractivity contribution in [3.63, 3.8) is 0 Å². The molecule has 0 saturated heterocycles. The van der Waals surface area contributed by atoms with E-state index in [1.165, 1.54) is 12.1 Å². The minimum absolute atomic E-state index is 0.0882. The van der Waals surface area contributed by atoms with Gasteiger partial charge in [-0.3, -0.25) is 4.79 Å². The average molecular weight is 452 g/mol. The van der Waals surface area contributed by atoms with Crippen molar-refractivity contribution in [2.24, 2.45) is 0 Å². The molecule has 0 spiro atoms. The van der Waals surface area contributed by atoms with Gasteiger partial charge < -0.3 is 14.5 Å². The van der Waals surface area contributed by atoms with Gasteiger partial charge in [-0.15, -0.1) is 0 Å². The molecule has 6 heteroatoms. The van der Waals surface area contributed by atoms with Gasteiger partial charge in [-0.1, -0.05) is 54.1 Å². The topological polar surface area (TPSA) is 51.3 Å². The largest absolute Gasteiger partial charge is 0.491 e. The zero-order valence-corrected chi connectivity index (χ0v) is 18.4. The summed E-state index contributed by atoms with van der Waals surface area (Å²) in [6, 6.07) is 17.7. The number of nitrogens with one attached hydrogen (secondary N) is 1. The highest BCUT2D eigenvalue weighted by Gasteiger charge is 2.17. The van der Waals surface area contributed by atoms with E-state index < -0.39 is 5.82 Å². The number of fused-ring (bicyclic) bond motifs is 1. The molecule has 1 aromatic heterocycles. The Morgan fingerprint density at radius 1 is 1.06 bits per heavy atom. The van der Waals surface area contributed by atoms with Gasteiger partial charge in [-0.25, -0.2) is 4.39 Å². The lowest BCUT2D eigenvalue weighted by Gasteiger charge is -2.12. The summed E-state index contributed by atoms with van der Waals surface area (Å²) in [5.74, 6) is -0.158. The molecule has 0 bridgehead atoms. The molecule has 0 fully saturated rings. The lowest BCUT2D eigenvalue weighted by Crippen LogP contribution is -2.10. The minimum Gasteiger partial charge on any atom is -0.491 e. The van der Waals surface area contributed by atoms with Gasteiger partial charge in [0.05, 0.1) is 18.7 Å². The molecule has 32 heavy (non-hydrogen) atoms. The van der Waals surface area contributed by atoms with Crippen molar-refractivity contribution >= 4 is 28.3 Å². The number of aromatic nitrogens is 1. The van der Waals surface area contributed by atoms with Crippen LogP contribution in [0.5, 0.6) is 5.75 Å². The number of ketones is 1. The number of halogens is 2. The third-order valence-corrected chi connectivity index (χ3v) is 5.74. The summed E-state index contributed by atoms with van der Waals surface area (Å²) < 4.78 is 25.2. The molecule has 4 nitrogen and oxygen atoms in total. The third-order valence-electron chi connectivity index (χ3n) is 5.33. The van der Waals surface area contributed by atoms with Gasteiger partial charge in [0.25, 0.3) is 0 Å². The van der Waals surface area contributed by atoms with E-state index in [2.05, 4.69) is 4.98 Å². The Kier molecular flexibility index (Phi) is 6.88. The van der Waals surface area contributed by atoms with Crippen molar-refractivity contribution in [2.45, 2.75) is 20.0 Å². The van der Waals surface area contributed by atoms with Crippen LogP contribution < -0.4 is 4.74 Å². The summed E-state index contributed by atoms with van der Waals surface area (Å²) in [4.78, 5) is 16.2. The van der Waals surface area contributed by atoms with E-state index in [0.717, 1.165) is 22.0 Å². The predicted molar refractivity (Wildman–Crippen MR) is 124 cm³/mol. The van der Waals surface area contributed by atoms with Crippen LogP contribution in [0.25, 0.3) is 10.9 Å².